The summed E-state index contributed by atoms with van der Waals surface area (Å²) in [6, 6.07) is 14.7. The van der Waals surface area contributed by atoms with E-state index in [1.807, 2.05) is 36.5 Å². The molecule has 2 aliphatic heterocycles. The molecule has 1 aromatic carbocycles. The second-order valence-corrected chi connectivity index (χ2v) is 7.80. The number of pyridine rings is 1. The number of aryl methyl sites for hydroxylation is 1. The number of carbonyl (C=O) groups excluding carboxylic acids is 1. The highest BCUT2D eigenvalue weighted by molar-refractivity contribution is 5.78. The largest absolute Gasteiger partial charge is 0.396 e. The average molecular weight is 350 g/mol. The van der Waals surface area contributed by atoms with E-state index in [-0.39, 0.29) is 30.0 Å². The minimum atomic E-state index is -0.186. The van der Waals surface area contributed by atoms with Crippen LogP contribution >= 0.6 is 0 Å². The van der Waals surface area contributed by atoms with E-state index in [0.717, 1.165) is 37.7 Å². The van der Waals surface area contributed by atoms with Crippen molar-refractivity contribution < 1.29 is 9.90 Å². The summed E-state index contributed by atoms with van der Waals surface area (Å²) in [4.78, 5) is 19.2. The summed E-state index contributed by atoms with van der Waals surface area (Å²) < 4.78 is 0. The van der Waals surface area contributed by atoms with Gasteiger partial charge in [0.1, 0.15) is 0 Å². The first-order valence-corrected chi connectivity index (χ1v) is 9.57. The van der Waals surface area contributed by atoms with Gasteiger partial charge < -0.3 is 10.0 Å². The second-order valence-electron chi connectivity index (χ2n) is 7.80. The van der Waals surface area contributed by atoms with Gasteiger partial charge in [0.15, 0.2) is 0 Å². The Morgan fingerprint density at radius 1 is 1.15 bits per heavy atom. The lowest BCUT2D eigenvalue weighted by Crippen LogP contribution is -2.44. The summed E-state index contributed by atoms with van der Waals surface area (Å²) in [6.45, 7) is 0.148. The summed E-state index contributed by atoms with van der Waals surface area (Å²) in [6.07, 6.45) is 8.68. The van der Waals surface area contributed by atoms with Crippen LogP contribution in [0.1, 0.15) is 36.8 Å². The fourth-order valence-corrected chi connectivity index (χ4v) is 5.01. The van der Waals surface area contributed by atoms with Crippen molar-refractivity contribution in [2.24, 2.45) is 5.41 Å². The third-order valence-corrected chi connectivity index (χ3v) is 6.20. The van der Waals surface area contributed by atoms with Crippen LogP contribution in [0.25, 0.3) is 0 Å². The molecule has 3 atom stereocenters. The fourth-order valence-electron chi connectivity index (χ4n) is 5.01. The first kappa shape index (κ1) is 17.2. The maximum Gasteiger partial charge on any atom is 0.223 e. The third kappa shape index (κ3) is 3.14. The van der Waals surface area contributed by atoms with Gasteiger partial charge >= 0.3 is 0 Å². The van der Waals surface area contributed by atoms with Gasteiger partial charge in [0.25, 0.3) is 0 Å². The van der Waals surface area contributed by atoms with Crippen molar-refractivity contribution in [2.45, 2.75) is 50.6 Å². The zero-order valence-electron chi connectivity index (χ0n) is 15.1. The zero-order valence-corrected chi connectivity index (χ0v) is 15.1. The van der Waals surface area contributed by atoms with Gasteiger partial charge in [-0.1, -0.05) is 36.4 Å². The van der Waals surface area contributed by atoms with Crippen LogP contribution in [0.15, 0.2) is 54.9 Å². The molecule has 1 N–H and O–H groups in total. The Morgan fingerprint density at radius 3 is 2.69 bits per heavy atom. The molecule has 2 bridgehead atoms. The molecule has 1 aromatic heterocycles. The number of nitrogens with zero attached hydrogens (tertiary/aromatic N) is 2. The topological polar surface area (TPSA) is 53.4 Å². The van der Waals surface area contributed by atoms with Crippen LogP contribution in [-0.2, 0) is 17.6 Å². The van der Waals surface area contributed by atoms with Gasteiger partial charge in [0, 0.05) is 36.3 Å². The van der Waals surface area contributed by atoms with Crippen LogP contribution in [0.2, 0.25) is 0 Å². The van der Waals surface area contributed by atoms with Gasteiger partial charge in [0.05, 0.1) is 6.61 Å². The predicted octanol–water partition coefficient (Wildman–Crippen LogP) is 3.00. The van der Waals surface area contributed by atoms with E-state index in [0.29, 0.717) is 6.42 Å². The van der Waals surface area contributed by atoms with Gasteiger partial charge in [-0.15, -0.1) is 0 Å². The van der Waals surface area contributed by atoms with Crippen LogP contribution in [0.5, 0.6) is 0 Å². The highest BCUT2D eigenvalue weighted by atomic mass is 16.3. The fraction of sp³-hybridized carbons (Fsp3) is 0.455. The number of aliphatic hydroxyl groups is 1. The quantitative estimate of drug-likeness (QED) is 0.871. The Bertz CT molecular complexity index is 749. The molecule has 2 fully saturated rings. The Balaban J connectivity index is 1.47. The van der Waals surface area contributed by atoms with Gasteiger partial charge in [-0.25, -0.2) is 0 Å². The molecule has 3 heterocycles. The van der Waals surface area contributed by atoms with Crippen molar-refractivity contribution in [1.29, 1.82) is 0 Å². The number of rotatable bonds is 6. The number of aromatic nitrogens is 1. The molecule has 1 amide bonds. The summed E-state index contributed by atoms with van der Waals surface area (Å²) >= 11 is 0. The molecule has 0 aliphatic carbocycles. The van der Waals surface area contributed by atoms with E-state index in [4.69, 9.17) is 0 Å². The van der Waals surface area contributed by atoms with Crippen molar-refractivity contribution in [3.63, 3.8) is 0 Å². The highest BCUT2D eigenvalue weighted by Crippen LogP contribution is 2.51. The summed E-state index contributed by atoms with van der Waals surface area (Å²) in [5.41, 5.74) is 2.16. The molecule has 26 heavy (non-hydrogen) atoms. The minimum absolute atomic E-state index is 0.148. The molecule has 2 aliphatic rings. The number of hydrogen-bond donors (Lipinski definition) is 1. The molecule has 4 nitrogen and oxygen atoms in total. The maximum absolute atomic E-state index is 13.0. The molecule has 0 saturated carbocycles. The van der Waals surface area contributed by atoms with Gasteiger partial charge in [0.2, 0.25) is 5.91 Å². The smallest absolute Gasteiger partial charge is 0.223 e. The van der Waals surface area contributed by atoms with Crippen LogP contribution in [0.4, 0.5) is 0 Å². The number of carbonyl (C=O) groups is 1. The first-order chi connectivity index (χ1) is 12.7. The van der Waals surface area contributed by atoms with E-state index in [1.165, 1.54) is 5.56 Å². The van der Waals surface area contributed by atoms with Gasteiger partial charge in [-0.05, 0) is 49.3 Å². The van der Waals surface area contributed by atoms with Crippen molar-refractivity contribution in [1.82, 2.24) is 9.88 Å². The normalized spacial score (nSPS) is 27.0. The van der Waals surface area contributed by atoms with Crippen molar-refractivity contribution >= 4 is 5.91 Å². The summed E-state index contributed by atoms with van der Waals surface area (Å²) in [5.74, 6) is 0.227. The number of aliphatic hydroxyl groups excluding tert-OH is 1. The molecule has 4 heteroatoms. The van der Waals surface area contributed by atoms with E-state index in [2.05, 4.69) is 22.0 Å². The zero-order chi connectivity index (χ0) is 18.0. The molecule has 4 rings (SSSR count). The molecule has 0 radical (unpaired) electrons. The molecule has 0 unspecified atom stereocenters. The highest BCUT2D eigenvalue weighted by Gasteiger charge is 2.56. The van der Waals surface area contributed by atoms with Crippen LogP contribution < -0.4 is 0 Å². The Morgan fingerprint density at radius 2 is 1.96 bits per heavy atom. The van der Waals surface area contributed by atoms with Crippen molar-refractivity contribution in [2.75, 3.05) is 6.61 Å². The Hall–Kier alpha value is -2.20. The van der Waals surface area contributed by atoms with Crippen molar-refractivity contribution in [3.05, 3.63) is 66.0 Å². The Labute approximate surface area is 154 Å². The van der Waals surface area contributed by atoms with Gasteiger partial charge in [-0.2, -0.15) is 0 Å². The van der Waals surface area contributed by atoms with Crippen LogP contribution in [0, 0.1) is 5.41 Å². The molecule has 2 saturated heterocycles. The lowest BCUT2D eigenvalue weighted by Gasteiger charge is -2.36. The second kappa shape index (κ2) is 7.20. The molecular formula is C22H26N2O2. The molecule has 2 aromatic rings. The first-order valence-electron chi connectivity index (χ1n) is 9.57. The van der Waals surface area contributed by atoms with Gasteiger partial charge in [-0.3, -0.25) is 9.78 Å². The monoisotopic (exact) mass is 350 g/mol. The average Bonchev–Trinajstić information content (AvgIpc) is 3.24. The van der Waals surface area contributed by atoms with Crippen LogP contribution in [0.3, 0.4) is 0 Å². The lowest BCUT2D eigenvalue weighted by atomic mass is 9.70. The predicted molar refractivity (Wildman–Crippen MR) is 100 cm³/mol. The van der Waals surface area contributed by atoms with E-state index >= 15 is 0 Å². The van der Waals surface area contributed by atoms with E-state index < -0.39 is 0 Å². The van der Waals surface area contributed by atoms with E-state index in [1.54, 1.807) is 6.20 Å². The molecule has 136 valence electrons. The summed E-state index contributed by atoms with van der Waals surface area (Å²) in [7, 11) is 0. The van der Waals surface area contributed by atoms with Crippen LogP contribution in [-0.4, -0.2) is 39.6 Å². The summed E-state index contributed by atoms with van der Waals surface area (Å²) in [5, 5.41) is 10.3. The lowest BCUT2D eigenvalue weighted by molar-refractivity contribution is -0.133. The number of benzene rings is 1. The Kier molecular flexibility index (Phi) is 4.77. The van der Waals surface area contributed by atoms with E-state index in [9.17, 15) is 9.90 Å². The maximum atomic E-state index is 13.0. The molecule has 0 spiro atoms. The SMILES string of the molecule is O=C(CCc1cccnc1)N1[C@H]2CC[C@@H]1[C@@](CO)(Cc1ccccc1)C2. The number of amides is 1. The molecular weight excluding hydrogens is 324 g/mol. The number of fused-ring (bicyclic) bond motifs is 2. The standard InChI is InChI=1S/C22H26N2O2/c25-16-22(13-17-5-2-1-3-6-17)14-19-9-10-20(22)24(19)21(26)11-8-18-7-4-12-23-15-18/h1-7,12,15,19-20,25H,8-11,13-14,16H2/t19-,20+,22-/m0/s1. The van der Waals surface area contributed by atoms with Crippen molar-refractivity contribution in [3.8, 4) is 0 Å². The third-order valence-electron chi connectivity index (χ3n) is 6.20. The minimum Gasteiger partial charge on any atom is -0.396 e. The number of hydrogen-bond acceptors (Lipinski definition) is 3.